The minimum Gasteiger partial charge on any atom is -0.497 e. The van der Waals surface area contributed by atoms with Crippen molar-refractivity contribution in [2.45, 2.75) is 40.2 Å². The molecule has 1 aromatic rings. The van der Waals surface area contributed by atoms with Gasteiger partial charge in [0.15, 0.2) is 0 Å². The first-order chi connectivity index (χ1) is 8.17. The summed E-state index contributed by atoms with van der Waals surface area (Å²) in [5.41, 5.74) is 2.80. The Morgan fingerprint density at radius 1 is 1.24 bits per heavy atom. The van der Waals surface area contributed by atoms with Gasteiger partial charge in [-0.15, -0.1) is 0 Å². The minimum absolute atomic E-state index is 0.688. The highest BCUT2D eigenvalue weighted by atomic mass is 16.5. The van der Waals surface area contributed by atoms with E-state index in [1.54, 1.807) is 7.11 Å². The summed E-state index contributed by atoms with van der Waals surface area (Å²) in [6.45, 7) is 8.71. The first-order valence-corrected chi connectivity index (χ1v) is 6.53. The molecule has 0 fully saturated rings. The summed E-state index contributed by atoms with van der Waals surface area (Å²) in [6, 6.07) is 6.41. The zero-order valence-electron chi connectivity index (χ0n) is 11.5. The molecule has 17 heavy (non-hydrogen) atoms. The van der Waals surface area contributed by atoms with Gasteiger partial charge in [-0.25, -0.2) is 0 Å². The summed E-state index contributed by atoms with van der Waals surface area (Å²) >= 11 is 0. The predicted molar refractivity (Wildman–Crippen MR) is 73.5 cm³/mol. The summed E-state index contributed by atoms with van der Waals surface area (Å²) in [5, 5.41) is 3.46. The van der Waals surface area contributed by atoms with Crippen LogP contribution < -0.4 is 10.1 Å². The highest BCUT2D eigenvalue weighted by Crippen LogP contribution is 2.20. The van der Waals surface area contributed by atoms with E-state index in [0.29, 0.717) is 5.92 Å². The van der Waals surface area contributed by atoms with Crippen LogP contribution in [0.2, 0.25) is 0 Å². The summed E-state index contributed by atoms with van der Waals surface area (Å²) in [4.78, 5) is 0. The standard InChI is InChI=1S/C15H25NO/c1-5-8-16-11-14-10-15(17-4)7-6-13(14)9-12(2)3/h6-7,10,12,16H,5,8-9,11H2,1-4H3. The molecule has 0 saturated heterocycles. The molecule has 0 aliphatic rings. The molecule has 0 spiro atoms. The fourth-order valence-corrected chi connectivity index (χ4v) is 1.93. The second kappa shape index (κ2) is 7.33. The molecule has 1 N–H and O–H groups in total. The molecule has 0 saturated carbocycles. The number of nitrogens with one attached hydrogen (secondary N) is 1. The molecular weight excluding hydrogens is 210 g/mol. The Morgan fingerprint density at radius 2 is 2.00 bits per heavy atom. The van der Waals surface area contributed by atoms with Gasteiger partial charge >= 0.3 is 0 Å². The molecule has 0 bridgehead atoms. The largest absolute Gasteiger partial charge is 0.497 e. The summed E-state index contributed by atoms with van der Waals surface area (Å²) in [6.07, 6.45) is 2.30. The van der Waals surface area contributed by atoms with Crippen molar-refractivity contribution < 1.29 is 4.74 Å². The SMILES string of the molecule is CCCNCc1cc(OC)ccc1CC(C)C. The van der Waals surface area contributed by atoms with Crippen LogP contribution in [0.1, 0.15) is 38.3 Å². The molecule has 0 heterocycles. The van der Waals surface area contributed by atoms with E-state index in [-0.39, 0.29) is 0 Å². The van der Waals surface area contributed by atoms with Crippen molar-refractivity contribution in [2.24, 2.45) is 5.92 Å². The third kappa shape index (κ3) is 4.78. The van der Waals surface area contributed by atoms with Crippen LogP contribution in [0.3, 0.4) is 0 Å². The molecule has 0 unspecified atom stereocenters. The summed E-state index contributed by atoms with van der Waals surface area (Å²) < 4.78 is 5.29. The zero-order chi connectivity index (χ0) is 12.7. The first kappa shape index (κ1) is 14.0. The van der Waals surface area contributed by atoms with Crippen molar-refractivity contribution in [3.05, 3.63) is 29.3 Å². The highest BCUT2D eigenvalue weighted by Gasteiger charge is 2.06. The van der Waals surface area contributed by atoms with Gasteiger partial charge in [-0.2, -0.15) is 0 Å². The molecule has 0 amide bonds. The lowest BCUT2D eigenvalue weighted by Gasteiger charge is -2.14. The number of hydrogen-bond donors (Lipinski definition) is 1. The second-order valence-corrected chi connectivity index (χ2v) is 4.91. The molecule has 0 aliphatic heterocycles. The van der Waals surface area contributed by atoms with Crippen molar-refractivity contribution >= 4 is 0 Å². The molecule has 0 aromatic heterocycles. The van der Waals surface area contributed by atoms with Gasteiger partial charge in [-0.05, 0) is 48.6 Å². The molecule has 2 nitrogen and oxygen atoms in total. The van der Waals surface area contributed by atoms with E-state index in [9.17, 15) is 0 Å². The van der Waals surface area contributed by atoms with Gasteiger partial charge < -0.3 is 10.1 Å². The van der Waals surface area contributed by atoms with Gasteiger partial charge in [0.2, 0.25) is 0 Å². The average Bonchev–Trinajstić information content (AvgIpc) is 2.30. The smallest absolute Gasteiger partial charge is 0.119 e. The third-order valence-corrected chi connectivity index (χ3v) is 2.78. The quantitative estimate of drug-likeness (QED) is 0.731. The molecule has 0 radical (unpaired) electrons. The number of benzene rings is 1. The van der Waals surface area contributed by atoms with Gasteiger partial charge in [-0.1, -0.05) is 26.8 Å². The second-order valence-electron chi connectivity index (χ2n) is 4.91. The lowest BCUT2D eigenvalue weighted by molar-refractivity contribution is 0.413. The maximum absolute atomic E-state index is 5.29. The molecule has 0 atom stereocenters. The minimum atomic E-state index is 0.688. The normalized spacial score (nSPS) is 10.9. The number of hydrogen-bond acceptors (Lipinski definition) is 2. The first-order valence-electron chi connectivity index (χ1n) is 6.53. The Morgan fingerprint density at radius 3 is 2.59 bits per heavy atom. The van der Waals surface area contributed by atoms with E-state index in [1.165, 1.54) is 17.5 Å². The van der Waals surface area contributed by atoms with Crippen LogP contribution in [-0.2, 0) is 13.0 Å². The van der Waals surface area contributed by atoms with Crippen molar-refractivity contribution in [3.8, 4) is 5.75 Å². The van der Waals surface area contributed by atoms with Crippen LogP contribution in [0.25, 0.3) is 0 Å². The van der Waals surface area contributed by atoms with Gasteiger partial charge in [0.05, 0.1) is 7.11 Å². The number of ether oxygens (including phenoxy) is 1. The van der Waals surface area contributed by atoms with Crippen LogP contribution in [0, 0.1) is 5.92 Å². The van der Waals surface area contributed by atoms with Gasteiger partial charge in [0.25, 0.3) is 0 Å². The Kier molecular flexibility index (Phi) is 6.06. The van der Waals surface area contributed by atoms with Crippen LogP contribution in [0.15, 0.2) is 18.2 Å². The fourth-order valence-electron chi connectivity index (χ4n) is 1.93. The highest BCUT2D eigenvalue weighted by molar-refractivity contribution is 5.36. The third-order valence-electron chi connectivity index (χ3n) is 2.78. The topological polar surface area (TPSA) is 21.3 Å². The van der Waals surface area contributed by atoms with Crippen LogP contribution >= 0.6 is 0 Å². The van der Waals surface area contributed by atoms with Crippen LogP contribution in [-0.4, -0.2) is 13.7 Å². The van der Waals surface area contributed by atoms with E-state index in [1.807, 2.05) is 0 Å². The molecule has 0 aliphatic carbocycles. The Balaban J connectivity index is 2.79. The predicted octanol–water partition coefficient (Wildman–Crippen LogP) is 3.39. The fraction of sp³-hybridized carbons (Fsp3) is 0.600. The average molecular weight is 235 g/mol. The maximum atomic E-state index is 5.29. The molecule has 96 valence electrons. The Hall–Kier alpha value is -1.02. The van der Waals surface area contributed by atoms with Crippen molar-refractivity contribution in [3.63, 3.8) is 0 Å². The monoisotopic (exact) mass is 235 g/mol. The van der Waals surface area contributed by atoms with Gasteiger partial charge in [-0.3, -0.25) is 0 Å². The molecule has 2 heteroatoms. The zero-order valence-corrected chi connectivity index (χ0v) is 11.5. The van der Waals surface area contributed by atoms with E-state index in [4.69, 9.17) is 4.74 Å². The van der Waals surface area contributed by atoms with Crippen molar-refractivity contribution in [1.29, 1.82) is 0 Å². The van der Waals surface area contributed by atoms with E-state index in [0.717, 1.165) is 25.3 Å². The molecule has 1 rings (SSSR count). The number of methoxy groups -OCH3 is 1. The summed E-state index contributed by atoms with van der Waals surface area (Å²) in [7, 11) is 1.72. The van der Waals surface area contributed by atoms with Crippen molar-refractivity contribution in [2.75, 3.05) is 13.7 Å². The lowest BCUT2D eigenvalue weighted by Crippen LogP contribution is -2.15. The number of rotatable bonds is 7. The van der Waals surface area contributed by atoms with E-state index < -0.39 is 0 Å². The lowest BCUT2D eigenvalue weighted by atomic mass is 9.97. The van der Waals surface area contributed by atoms with Gasteiger partial charge in [0, 0.05) is 6.54 Å². The van der Waals surface area contributed by atoms with Crippen LogP contribution in [0.4, 0.5) is 0 Å². The van der Waals surface area contributed by atoms with E-state index >= 15 is 0 Å². The Bertz CT molecular complexity index is 334. The van der Waals surface area contributed by atoms with Gasteiger partial charge in [0.1, 0.15) is 5.75 Å². The van der Waals surface area contributed by atoms with Crippen molar-refractivity contribution in [1.82, 2.24) is 5.32 Å². The molecule has 1 aromatic carbocycles. The van der Waals surface area contributed by atoms with E-state index in [2.05, 4.69) is 44.3 Å². The molecular formula is C15H25NO. The van der Waals surface area contributed by atoms with Crippen LogP contribution in [0.5, 0.6) is 5.75 Å². The maximum Gasteiger partial charge on any atom is 0.119 e. The Labute approximate surface area is 105 Å². The summed E-state index contributed by atoms with van der Waals surface area (Å²) in [5.74, 6) is 1.64.